The fourth-order valence-electron chi connectivity index (χ4n) is 2.05. The molecule has 0 aliphatic heterocycles. The van der Waals surface area contributed by atoms with Gasteiger partial charge in [0.2, 0.25) is 0 Å². The Morgan fingerprint density at radius 1 is 1.32 bits per heavy atom. The van der Waals surface area contributed by atoms with Crippen LogP contribution in [-0.4, -0.2) is 24.6 Å². The van der Waals surface area contributed by atoms with Gasteiger partial charge >= 0.3 is 0 Å². The molecule has 0 spiro atoms. The molecule has 1 aromatic rings. The maximum absolute atomic E-state index is 5.84. The van der Waals surface area contributed by atoms with E-state index in [4.69, 9.17) is 10.5 Å². The normalized spacial score (nSPS) is 11.3. The minimum absolute atomic E-state index is 0.179. The summed E-state index contributed by atoms with van der Waals surface area (Å²) in [7, 11) is 2.16. The molecular weight excluding hydrogens is 236 g/mol. The highest BCUT2D eigenvalue weighted by Gasteiger charge is 2.07. The predicted molar refractivity (Wildman–Crippen MR) is 81.3 cm³/mol. The number of ether oxygens (including phenoxy) is 1. The molecule has 0 amide bonds. The number of hydrogen-bond acceptors (Lipinski definition) is 3. The van der Waals surface area contributed by atoms with Crippen LogP contribution in [0.3, 0.4) is 0 Å². The smallest absolute Gasteiger partial charge is 0.124 e. The number of benzene rings is 1. The van der Waals surface area contributed by atoms with E-state index < -0.39 is 0 Å². The molecule has 0 atom stereocenters. The molecule has 0 saturated heterocycles. The highest BCUT2D eigenvalue weighted by molar-refractivity contribution is 5.37. The van der Waals surface area contributed by atoms with Crippen molar-refractivity contribution in [3.8, 4) is 5.75 Å². The Hall–Kier alpha value is -1.06. The van der Waals surface area contributed by atoms with E-state index in [0.717, 1.165) is 24.4 Å². The van der Waals surface area contributed by atoms with E-state index in [9.17, 15) is 0 Å². The summed E-state index contributed by atoms with van der Waals surface area (Å²) in [6, 6.07) is 6.36. The second-order valence-electron chi connectivity index (χ2n) is 5.40. The largest absolute Gasteiger partial charge is 0.491 e. The first kappa shape index (κ1) is 16.0. The number of nitrogens with zero attached hydrogens (tertiary/aromatic N) is 1. The Balaban J connectivity index is 2.74. The van der Waals surface area contributed by atoms with Gasteiger partial charge in [0.05, 0.1) is 6.10 Å². The van der Waals surface area contributed by atoms with E-state index in [1.807, 2.05) is 13.8 Å². The second kappa shape index (κ2) is 8.18. The van der Waals surface area contributed by atoms with Gasteiger partial charge in [0.1, 0.15) is 5.75 Å². The Morgan fingerprint density at radius 2 is 2.05 bits per heavy atom. The van der Waals surface area contributed by atoms with Crippen molar-refractivity contribution < 1.29 is 4.74 Å². The maximum atomic E-state index is 5.84. The molecule has 1 rings (SSSR count). The minimum atomic E-state index is 0.179. The van der Waals surface area contributed by atoms with Gasteiger partial charge in [-0.25, -0.2) is 0 Å². The van der Waals surface area contributed by atoms with E-state index >= 15 is 0 Å². The molecule has 0 aliphatic carbocycles. The van der Waals surface area contributed by atoms with Crippen molar-refractivity contribution in [2.24, 2.45) is 5.73 Å². The van der Waals surface area contributed by atoms with Gasteiger partial charge in [0.25, 0.3) is 0 Å². The zero-order valence-corrected chi connectivity index (χ0v) is 12.8. The lowest BCUT2D eigenvalue weighted by molar-refractivity contribution is 0.239. The first-order chi connectivity index (χ1) is 9.06. The third kappa shape index (κ3) is 5.62. The molecule has 0 radical (unpaired) electrons. The number of nitrogens with two attached hydrogens (primary N) is 1. The van der Waals surface area contributed by atoms with E-state index in [-0.39, 0.29) is 6.10 Å². The van der Waals surface area contributed by atoms with Gasteiger partial charge in [0, 0.05) is 18.7 Å². The standard InChI is InChI=1S/C16H28N2O/c1-5-6-9-18(4)12-14-7-8-15(11-17)16(10-14)19-13(2)3/h7-8,10,13H,5-6,9,11-12,17H2,1-4H3. The van der Waals surface area contributed by atoms with Gasteiger partial charge in [-0.3, -0.25) is 0 Å². The summed E-state index contributed by atoms with van der Waals surface area (Å²) in [5, 5.41) is 0. The van der Waals surface area contributed by atoms with Gasteiger partial charge in [-0.1, -0.05) is 25.5 Å². The van der Waals surface area contributed by atoms with Gasteiger partial charge in [-0.2, -0.15) is 0 Å². The summed E-state index contributed by atoms with van der Waals surface area (Å²) in [5.41, 5.74) is 8.11. The maximum Gasteiger partial charge on any atom is 0.124 e. The van der Waals surface area contributed by atoms with Crippen LogP contribution in [0.4, 0.5) is 0 Å². The van der Waals surface area contributed by atoms with Crippen molar-refractivity contribution in [2.45, 2.75) is 52.8 Å². The topological polar surface area (TPSA) is 38.5 Å². The molecule has 0 aromatic heterocycles. The summed E-state index contributed by atoms with van der Waals surface area (Å²) in [4.78, 5) is 2.35. The fraction of sp³-hybridized carbons (Fsp3) is 0.625. The van der Waals surface area contributed by atoms with Gasteiger partial charge in [-0.15, -0.1) is 0 Å². The first-order valence-electron chi connectivity index (χ1n) is 7.23. The number of rotatable bonds is 8. The molecule has 3 nitrogen and oxygen atoms in total. The van der Waals surface area contributed by atoms with Crippen LogP contribution in [0.15, 0.2) is 18.2 Å². The van der Waals surface area contributed by atoms with Crippen LogP contribution in [0.2, 0.25) is 0 Å². The summed E-state index contributed by atoms with van der Waals surface area (Å²) < 4.78 is 5.84. The molecule has 108 valence electrons. The summed E-state index contributed by atoms with van der Waals surface area (Å²) in [6.07, 6.45) is 2.66. The van der Waals surface area contributed by atoms with Crippen LogP contribution in [0.5, 0.6) is 5.75 Å². The van der Waals surface area contributed by atoms with Crippen LogP contribution in [0, 0.1) is 0 Å². The number of unbranched alkanes of at least 4 members (excludes halogenated alkanes) is 1. The Morgan fingerprint density at radius 3 is 2.63 bits per heavy atom. The quantitative estimate of drug-likeness (QED) is 0.784. The molecule has 0 aliphatic rings. The summed E-state index contributed by atoms with van der Waals surface area (Å²) in [6.45, 7) is 8.92. The molecule has 3 heteroatoms. The van der Waals surface area contributed by atoms with E-state index in [2.05, 4.69) is 37.1 Å². The van der Waals surface area contributed by atoms with Crippen molar-refractivity contribution in [3.63, 3.8) is 0 Å². The minimum Gasteiger partial charge on any atom is -0.491 e. The van der Waals surface area contributed by atoms with Crippen molar-refractivity contribution in [1.82, 2.24) is 4.90 Å². The molecule has 0 bridgehead atoms. The highest BCUT2D eigenvalue weighted by atomic mass is 16.5. The van der Waals surface area contributed by atoms with Gasteiger partial charge in [0.15, 0.2) is 0 Å². The monoisotopic (exact) mass is 264 g/mol. The van der Waals surface area contributed by atoms with Crippen LogP contribution in [0.1, 0.15) is 44.7 Å². The van der Waals surface area contributed by atoms with Crippen LogP contribution in [0.25, 0.3) is 0 Å². The van der Waals surface area contributed by atoms with E-state index in [1.54, 1.807) is 0 Å². The van der Waals surface area contributed by atoms with Crippen LogP contribution in [-0.2, 0) is 13.1 Å². The molecule has 1 aromatic carbocycles. The molecule has 0 unspecified atom stereocenters. The van der Waals surface area contributed by atoms with Crippen molar-refractivity contribution in [2.75, 3.05) is 13.6 Å². The zero-order chi connectivity index (χ0) is 14.3. The first-order valence-corrected chi connectivity index (χ1v) is 7.23. The number of hydrogen-bond donors (Lipinski definition) is 1. The van der Waals surface area contributed by atoms with Crippen molar-refractivity contribution in [3.05, 3.63) is 29.3 Å². The lowest BCUT2D eigenvalue weighted by Crippen LogP contribution is -2.19. The Kier molecular flexibility index (Phi) is 6.89. The Bertz CT molecular complexity index is 377. The molecular formula is C16H28N2O. The van der Waals surface area contributed by atoms with Gasteiger partial charge in [-0.05, 0) is 45.5 Å². The summed E-state index contributed by atoms with van der Waals surface area (Å²) in [5.74, 6) is 0.930. The zero-order valence-electron chi connectivity index (χ0n) is 12.8. The molecule has 2 N–H and O–H groups in total. The van der Waals surface area contributed by atoms with Crippen molar-refractivity contribution >= 4 is 0 Å². The molecule has 0 heterocycles. The third-order valence-electron chi connectivity index (χ3n) is 3.06. The van der Waals surface area contributed by atoms with Crippen molar-refractivity contribution in [1.29, 1.82) is 0 Å². The molecule has 0 fully saturated rings. The fourth-order valence-corrected chi connectivity index (χ4v) is 2.05. The van der Waals surface area contributed by atoms with E-state index in [1.165, 1.54) is 18.4 Å². The Labute approximate surface area is 117 Å². The lowest BCUT2D eigenvalue weighted by atomic mass is 10.1. The third-order valence-corrected chi connectivity index (χ3v) is 3.06. The molecule has 0 saturated carbocycles. The second-order valence-corrected chi connectivity index (χ2v) is 5.40. The van der Waals surface area contributed by atoms with Gasteiger partial charge < -0.3 is 15.4 Å². The summed E-state index contributed by atoms with van der Waals surface area (Å²) >= 11 is 0. The predicted octanol–water partition coefficient (Wildman–Crippen LogP) is 3.16. The highest BCUT2D eigenvalue weighted by Crippen LogP contribution is 2.22. The average molecular weight is 264 g/mol. The van der Waals surface area contributed by atoms with Crippen LogP contribution >= 0.6 is 0 Å². The van der Waals surface area contributed by atoms with Crippen LogP contribution < -0.4 is 10.5 Å². The molecule has 19 heavy (non-hydrogen) atoms. The lowest BCUT2D eigenvalue weighted by Gasteiger charge is -2.19. The average Bonchev–Trinajstić information content (AvgIpc) is 2.36. The SMILES string of the molecule is CCCCN(C)Cc1ccc(CN)c(OC(C)C)c1. The van der Waals surface area contributed by atoms with E-state index in [0.29, 0.717) is 6.54 Å².